The normalized spacial score (nSPS) is 15.0. The fourth-order valence-electron chi connectivity index (χ4n) is 3.03. The molecule has 140 valence electrons. The summed E-state index contributed by atoms with van der Waals surface area (Å²) in [6.07, 6.45) is 0.928. The minimum Gasteiger partial charge on any atom is -0.497 e. The van der Waals surface area contributed by atoms with Gasteiger partial charge in [-0.15, -0.1) is 5.10 Å². The predicted molar refractivity (Wildman–Crippen MR) is 98.9 cm³/mol. The summed E-state index contributed by atoms with van der Waals surface area (Å²) in [6.45, 7) is 7.71. The van der Waals surface area contributed by atoms with Gasteiger partial charge in [-0.25, -0.2) is 4.68 Å². The molecular formula is C18H26N6O2. The number of piperazine rings is 1. The van der Waals surface area contributed by atoms with E-state index < -0.39 is 0 Å². The quantitative estimate of drug-likeness (QED) is 0.706. The van der Waals surface area contributed by atoms with Crippen molar-refractivity contribution in [2.45, 2.75) is 13.3 Å². The summed E-state index contributed by atoms with van der Waals surface area (Å²) in [4.78, 5) is 14.8. The minimum atomic E-state index is -0.178. The van der Waals surface area contributed by atoms with Gasteiger partial charge in [0.05, 0.1) is 18.5 Å². The summed E-state index contributed by atoms with van der Waals surface area (Å²) in [6, 6.07) is 7.48. The van der Waals surface area contributed by atoms with E-state index in [0.29, 0.717) is 12.2 Å². The Hall–Kier alpha value is -2.45. The Morgan fingerprint density at radius 1 is 1.27 bits per heavy atom. The molecule has 1 aromatic carbocycles. The first kappa shape index (κ1) is 18.3. The zero-order valence-electron chi connectivity index (χ0n) is 15.4. The van der Waals surface area contributed by atoms with Gasteiger partial charge in [0.15, 0.2) is 5.69 Å². The number of nitrogens with one attached hydrogen (secondary N) is 2. The van der Waals surface area contributed by atoms with Crippen molar-refractivity contribution in [2.75, 3.05) is 46.4 Å². The third-order valence-electron chi connectivity index (χ3n) is 4.57. The topological polar surface area (TPSA) is 84.3 Å². The second-order valence-corrected chi connectivity index (χ2v) is 6.33. The van der Waals surface area contributed by atoms with E-state index in [2.05, 4.69) is 25.8 Å². The van der Waals surface area contributed by atoms with E-state index in [4.69, 9.17) is 4.74 Å². The first-order valence-corrected chi connectivity index (χ1v) is 8.97. The molecule has 0 atom stereocenters. The fraction of sp³-hybridized carbons (Fsp3) is 0.500. The SMILES string of the molecule is COc1ccc(-n2nnc(C(=O)NCCCN3CCNCC3)c2C)cc1. The van der Waals surface area contributed by atoms with Crippen molar-refractivity contribution < 1.29 is 9.53 Å². The summed E-state index contributed by atoms with van der Waals surface area (Å²) < 4.78 is 6.82. The highest BCUT2D eigenvalue weighted by Gasteiger charge is 2.17. The van der Waals surface area contributed by atoms with Gasteiger partial charge in [-0.2, -0.15) is 0 Å². The number of nitrogens with zero attached hydrogens (tertiary/aromatic N) is 4. The minimum absolute atomic E-state index is 0.178. The maximum Gasteiger partial charge on any atom is 0.273 e. The zero-order chi connectivity index (χ0) is 18.4. The maximum atomic E-state index is 12.4. The molecule has 1 aliphatic rings. The van der Waals surface area contributed by atoms with Crippen LogP contribution in [0.4, 0.5) is 0 Å². The molecule has 2 heterocycles. The zero-order valence-corrected chi connectivity index (χ0v) is 15.4. The van der Waals surface area contributed by atoms with Crippen LogP contribution in [0.25, 0.3) is 5.69 Å². The molecule has 8 nitrogen and oxygen atoms in total. The molecule has 3 rings (SSSR count). The van der Waals surface area contributed by atoms with Crippen LogP contribution in [0.2, 0.25) is 0 Å². The summed E-state index contributed by atoms with van der Waals surface area (Å²) in [5, 5.41) is 14.5. The van der Waals surface area contributed by atoms with Crippen LogP contribution in [0.3, 0.4) is 0 Å². The van der Waals surface area contributed by atoms with Gasteiger partial charge >= 0.3 is 0 Å². The maximum absolute atomic E-state index is 12.4. The Morgan fingerprint density at radius 2 is 2.00 bits per heavy atom. The highest BCUT2D eigenvalue weighted by Crippen LogP contribution is 2.16. The molecule has 1 aromatic heterocycles. The van der Waals surface area contributed by atoms with Gasteiger partial charge in [0.2, 0.25) is 0 Å². The Bertz CT molecular complexity index is 722. The van der Waals surface area contributed by atoms with Crippen molar-refractivity contribution in [1.82, 2.24) is 30.5 Å². The lowest BCUT2D eigenvalue weighted by atomic mass is 10.2. The molecule has 2 aromatic rings. The molecule has 26 heavy (non-hydrogen) atoms. The summed E-state index contributed by atoms with van der Waals surface area (Å²) in [7, 11) is 1.63. The molecule has 0 spiro atoms. The van der Waals surface area contributed by atoms with Gasteiger partial charge in [-0.1, -0.05) is 5.21 Å². The molecule has 8 heteroatoms. The highest BCUT2D eigenvalue weighted by atomic mass is 16.5. The average molecular weight is 358 g/mol. The number of methoxy groups -OCH3 is 1. The number of rotatable bonds is 7. The summed E-state index contributed by atoms with van der Waals surface area (Å²) >= 11 is 0. The number of aromatic nitrogens is 3. The molecule has 1 aliphatic heterocycles. The third-order valence-corrected chi connectivity index (χ3v) is 4.57. The van der Waals surface area contributed by atoms with Crippen LogP contribution in [0.15, 0.2) is 24.3 Å². The van der Waals surface area contributed by atoms with Gasteiger partial charge in [0.25, 0.3) is 5.91 Å². The molecule has 0 bridgehead atoms. The predicted octanol–water partition coefficient (Wildman–Crippen LogP) is 0.609. The van der Waals surface area contributed by atoms with Crippen LogP contribution in [0.5, 0.6) is 5.75 Å². The molecule has 0 radical (unpaired) electrons. The smallest absolute Gasteiger partial charge is 0.273 e. The Morgan fingerprint density at radius 3 is 2.69 bits per heavy atom. The number of carbonyl (C=O) groups excluding carboxylic acids is 1. The van der Waals surface area contributed by atoms with Crippen LogP contribution in [0.1, 0.15) is 22.6 Å². The van der Waals surface area contributed by atoms with E-state index in [0.717, 1.165) is 56.3 Å². The van der Waals surface area contributed by atoms with Crippen molar-refractivity contribution in [2.24, 2.45) is 0 Å². The van der Waals surface area contributed by atoms with Gasteiger partial charge in [0, 0.05) is 32.7 Å². The Labute approximate surface area is 153 Å². The van der Waals surface area contributed by atoms with Gasteiger partial charge in [-0.05, 0) is 44.2 Å². The van der Waals surface area contributed by atoms with E-state index in [1.165, 1.54) is 0 Å². The van der Waals surface area contributed by atoms with Crippen LogP contribution < -0.4 is 15.4 Å². The number of amides is 1. The number of hydrogen-bond donors (Lipinski definition) is 2. The number of carbonyl (C=O) groups is 1. The lowest BCUT2D eigenvalue weighted by molar-refractivity contribution is 0.0945. The number of ether oxygens (including phenoxy) is 1. The van der Waals surface area contributed by atoms with Crippen LogP contribution in [0, 0.1) is 6.92 Å². The fourth-order valence-corrected chi connectivity index (χ4v) is 3.03. The standard InChI is InChI=1S/C18H26N6O2/c1-14-17(18(25)20-8-3-11-23-12-9-19-10-13-23)21-22-24(14)15-4-6-16(26-2)7-5-15/h4-7,19H,3,8-13H2,1-2H3,(H,20,25). The first-order chi connectivity index (χ1) is 12.7. The second kappa shape index (κ2) is 8.77. The monoisotopic (exact) mass is 358 g/mol. The van der Waals surface area contributed by atoms with Crippen molar-refractivity contribution in [3.8, 4) is 11.4 Å². The van der Waals surface area contributed by atoms with Crippen molar-refractivity contribution in [3.63, 3.8) is 0 Å². The lowest BCUT2D eigenvalue weighted by Crippen LogP contribution is -2.44. The molecule has 0 aliphatic carbocycles. The molecule has 1 amide bonds. The lowest BCUT2D eigenvalue weighted by Gasteiger charge is -2.26. The van der Waals surface area contributed by atoms with Gasteiger partial charge in [0.1, 0.15) is 5.75 Å². The molecule has 0 saturated carbocycles. The summed E-state index contributed by atoms with van der Waals surface area (Å²) in [5.74, 6) is 0.594. The Kier molecular flexibility index (Phi) is 6.19. The van der Waals surface area contributed by atoms with E-state index in [1.54, 1.807) is 11.8 Å². The van der Waals surface area contributed by atoms with Crippen LogP contribution in [-0.4, -0.2) is 72.2 Å². The molecule has 0 unspecified atom stereocenters. The van der Waals surface area contributed by atoms with Crippen LogP contribution in [-0.2, 0) is 0 Å². The largest absolute Gasteiger partial charge is 0.497 e. The van der Waals surface area contributed by atoms with Gasteiger partial charge < -0.3 is 20.3 Å². The third kappa shape index (κ3) is 4.39. The Balaban J connectivity index is 1.53. The van der Waals surface area contributed by atoms with Crippen molar-refractivity contribution >= 4 is 5.91 Å². The van der Waals surface area contributed by atoms with Crippen molar-refractivity contribution in [1.29, 1.82) is 0 Å². The van der Waals surface area contributed by atoms with E-state index in [-0.39, 0.29) is 5.91 Å². The van der Waals surface area contributed by atoms with Crippen LogP contribution >= 0.6 is 0 Å². The number of hydrogen-bond acceptors (Lipinski definition) is 6. The van der Waals surface area contributed by atoms with Crippen molar-refractivity contribution in [3.05, 3.63) is 35.7 Å². The van der Waals surface area contributed by atoms with E-state index in [1.807, 2.05) is 31.2 Å². The highest BCUT2D eigenvalue weighted by molar-refractivity contribution is 5.93. The molecule has 1 fully saturated rings. The summed E-state index contributed by atoms with van der Waals surface area (Å²) in [5.41, 5.74) is 1.92. The van der Waals surface area contributed by atoms with E-state index >= 15 is 0 Å². The van der Waals surface area contributed by atoms with Gasteiger partial charge in [-0.3, -0.25) is 4.79 Å². The molecule has 2 N–H and O–H groups in total. The number of benzene rings is 1. The molecule has 1 saturated heterocycles. The molecular weight excluding hydrogens is 332 g/mol. The second-order valence-electron chi connectivity index (χ2n) is 6.33. The van der Waals surface area contributed by atoms with E-state index in [9.17, 15) is 4.79 Å². The average Bonchev–Trinajstić information content (AvgIpc) is 3.07. The first-order valence-electron chi connectivity index (χ1n) is 8.97.